The molecule has 4 heteroatoms. The van der Waals surface area contributed by atoms with E-state index in [2.05, 4.69) is 157 Å². The van der Waals surface area contributed by atoms with E-state index in [0.717, 1.165) is 105 Å². The van der Waals surface area contributed by atoms with Crippen LogP contribution >= 0.6 is 0 Å². The van der Waals surface area contributed by atoms with Crippen molar-refractivity contribution in [1.82, 2.24) is 0 Å². The zero-order valence-electron chi connectivity index (χ0n) is 27.9. The van der Waals surface area contributed by atoms with Crippen molar-refractivity contribution in [3.63, 3.8) is 0 Å². The minimum absolute atomic E-state index is 0.850. The molecule has 11 aromatic rings. The molecule has 0 N–H and O–H groups in total. The van der Waals surface area contributed by atoms with Gasteiger partial charge in [-0.2, -0.15) is 0 Å². The highest BCUT2D eigenvalue weighted by Gasteiger charge is 2.17. The number of furan rings is 3. The van der Waals surface area contributed by atoms with Crippen molar-refractivity contribution >= 4 is 82.9 Å². The van der Waals surface area contributed by atoms with Gasteiger partial charge in [-0.15, -0.1) is 0 Å². The quantitative estimate of drug-likeness (QED) is 0.183. The third-order valence-electron chi connectivity index (χ3n) is 10.3. The molecule has 0 fully saturated rings. The Bertz CT molecular complexity index is 3090. The Labute approximate surface area is 298 Å². The molecule has 0 spiro atoms. The van der Waals surface area contributed by atoms with Gasteiger partial charge in [0.2, 0.25) is 0 Å². The fraction of sp³-hybridized carbons (Fsp3) is 0. The molecule has 244 valence electrons. The van der Waals surface area contributed by atoms with Gasteiger partial charge in [-0.05, 0) is 102 Å². The number of hydrogen-bond acceptors (Lipinski definition) is 4. The summed E-state index contributed by atoms with van der Waals surface area (Å²) < 4.78 is 19.2. The second kappa shape index (κ2) is 11.2. The molecule has 0 saturated carbocycles. The van der Waals surface area contributed by atoms with Crippen LogP contribution in [0.2, 0.25) is 0 Å². The lowest BCUT2D eigenvalue weighted by atomic mass is 9.99. The third kappa shape index (κ3) is 4.48. The summed E-state index contributed by atoms with van der Waals surface area (Å²) in [6.45, 7) is 0. The van der Waals surface area contributed by atoms with Crippen molar-refractivity contribution in [3.8, 4) is 22.3 Å². The first kappa shape index (κ1) is 28.8. The Morgan fingerprint density at radius 3 is 1.52 bits per heavy atom. The number of hydrogen-bond donors (Lipinski definition) is 0. The first-order valence-corrected chi connectivity index (χ1v) is 17.5. The number of fused-ring (bicyclic) bond motifs is 9. The maximum absolute atomic E-state index is 6.45. The van der Waals surface area contributed by atoms with Gasteiger partial charge >= 0.3 is 0 Å². The van der Waals surface area contributed by atoms with E-state index in [1.165, 1.54) is 0 Å². The predicted octanol–water partition coefficient (Wildman–Crippen LogP) is 14.2. The molecule has 0 aliphatic rings. The van der Waals surface area contributed by atoms with Crippen molar-refractivity contribution in [2.24, 2.45) is 0 Å². The van der Waals surface area contributed by atoms with Gasteiger partial charge in [0.1, 0.15) is 33.5 Å². The van der Waals surface area contributed by atoms with Crippen molar-refractivity contribution in [2.45, 2.75) is 0 Å². The molecule has 3 aromatic heterocycles. The molecule has 3 heterocycles. The SMILES string of the molecule is c1ccc(N(c2ccccc2)c2ccc3oc4cc(-c5ccc6c(c5)oc5ccc(-c7cccc8c7oc7ccccc78)cc56)ccc4c3c2)cc1. The van der Waals surface area contributed by atoms with Crippen LogP contribution in [0.15, 0.2) is 189 Å². The van der Waals surface area contributed by atoms with Gasteiger partial charge in [0.05, 0.1) is 0 Å². The summed E-state index contributed by atoms with van der Waals surface area (Å²) >= 11 is 0. The van der Waals surface area contributed by atoms with E-state index in [-0.39, 0.29) is 0 Å². The van der Waals surface area contributed by atoms with Crippen molar-refractivity contribution < 1.29 is 13.3 Å². The Kier molecular flexibility index (Phi) is 6.22. The number of nitrogens with zero attached hydrogens (tertiary/aromatic N) is 1. The zero-order valence-corrected chi connectivity index (χ0v) is 27.9. The van der Waals surface area contributed by atoms with Crippen LogP contribution in [0.3, 0.4) is 0 Å². The highest BCUT2D eigenvalue weighted by Crippen LogP contribution is 2.41. The smallest absolute Gasteiger partial charge is 0.143 e. The molecule has 0 saturated heterocycles. The van der Waals surface area contributed by atoms with Gasteiger partial charge < -0.3 is 18.2 Å². The molecule has 0 atom stereocenters. The number of anilines is 3. The minimum atomic E-state index is 0.850. The average molecular weight is 668 g/mol. The summed E-state index contributed by atoms with van der Waals surface area (Å²) in [5.41, 5.74) is 12.8. The minimum Gasteiger partial charge on any atom is -0.456 e. The van der Waals surface area contributed by atoms with Crippen LogP contribution in [0, 0.1) is 0 Å². The molecule has 8 aromatic carbocycles. The van der Waals surface area contributed by atoms with Crippen LogP contribution < -0.4 is 4.90 Å². The highest BCUT2D eigenvalue weighted by molar-refractivity contribution is 6.12. The molecular formula is C48H29NO3. The molecule has 0 aliphatic carbocycles. The standard InChI is InChI=1S/C48H29NO3/c1-3-10-33(11-4-1)49(34-12-5-2-6-13-34)35-21-25-45-42(29-35)39-23-19-31(28-47(39)51-45)30-18-22-38-41-26-32(20-24-44(41)50-46(38)27-30)36-15-9-16-40-37-14-7-8-17-43(37)52-48(36)40/h1-29H. The van der Waals surface area contributed by atoms with Crippen molar-refractivity contribution in [2.75, 3.05) is 4.90 Å². The monoisotopic (exact) mass is 667 g/mol. The average Bonchev–Trinajstić information content (AvgIpc) is 3.89. The van der Waals surface area contributed by atoms with E-state index in [9.17, 15) is 0 Å². The number of benzene rings is 8. The first-order chi connectivity index (χ1) is 25.7. The third-order valence-corrected chi connectivity index (χ3v) is 10.3. The normalized spacial score (nSPS) is 11.8. The van der Waals surface area contributed by atoms with E-state index in [0.29, 0.717) is 0 Å². The largest absolute Gasteiger partial charge is 0.456 e. The molecule has 4 nitrogen and oxygen atoms in total. The van der Waals surface area contributed by atoms with Crippen molar-refractivity contribution in [1.29, 1.82) is 0 Å². The lowest BCUT2D eigenvalue weighted by Gasteiger charge is -2.25. The lowest BCUT2D eigenvalue weighted by molar-refractivity contribution is 0.668. The topological polar surface area (TPSA) is 42.7 Å². The highest BCUT2D eigenvalue weighted by atomic mass is 16.3. The van der Waals surface area contributed by atoms with Crippen LogP contribution in [0.5, 0.6) is 0 Å². The molecule has 0 aliphatic heterocycles. The fourth-order valence-electron chi connectivity index (χ4n) is 7.78. The first-order valence-electron chi connectivity index (χ1n) is 17.5. The van der Waals surface area contributed by atoms with E-state index >= 15 is 0 Å². The molecule has 11 rings (SSSR count). The molecule has 0 amide bonds. The fourth-order valence-corrected chi connectivity index (χ4v) is 7.78. The zero-order chi connectivity index (χ0) is 34.2. The second-order valence-electron chi connectivity index (χ2n) is 13.3. The summed E-state index contributed by atoms with van der Waals surface area (Å²) in [6.07, 6.45) is 0. The van der Waals surface area contributed by atoms with E-state index in [1.54, 1.807) is 0 Å². The van der Waals surface area contributed by atoms with E-state index in [4.69, 9.17) is 13.3 Å². The van der Waals surface area contributed by atoms with Crippen LogP contribution in [0.4, 0.5) is 17.1 Å². The Morgan fingerprint density at radius 1 is 0.288 bits per heavy atom. The van der Waals surface area contributed by atoms with Crippen molar-refractivity contribution in [3.05, 3.63) is 176 Å². The van der Waals surface area contributed by atoms with E-state index in [1.807, 2.05) is 24.3 Å². The van der Waals surface area contributed by atoms with Gasteiger partial charge in [0.25, 0.3) is 0 Å². The van der Waals surface area contributed by atoms with Gasteiger partial charge in [-0.1, -0.05) is 91.0 Å². The van der Waals surface area contributed by atoms with Gasteiger partial charge in [-0.3, -0.25) is 0 Å². The maximum atomic E-state index is 6.45. The van der Waals surface area contributed by atoms with Gasteiger partial charge in [0.15, 0.2) is 0 Å². The summed E-state index contributed by atoms with van der Waals surface area (Å²) in [5.74, 6) is 0. The van der Waals surface area contributed by atoms with Crippen LogP contribution in [-0.4, -0.2) is 0 Å². The molecule has 52 heavy (non-hydrogen) atoms. The van der Waals surface area contributed by atoms with Crippen LogP contribution in [-0.2, 0) is 0 Å². The lowest BCUT2D eigenvalue weighted by Crippen LogP contribution is -2.09. The number of rotatable bonds is 5. The predicted molar refractivity (Wildman–Crippen MR) is 214 cm³/mol. The second-order valence-corrected chi connectivity index (χ2v) is 13.3. The summed E-state index contributed by atoms with van der Waals surface area (Å²) in [4.78, 5) is 2.28. The summed E-state index contributed by atoms with van der Waals surface area (Å²) in [6, 6.07) is 61.3. The van der Waals surface area contributed by atoms with Gasteiger partial charge in [0, 0.05) is 54.9 Å². The molecule has 0 unspecified atom stereocenters. The number of para-hydroxylation sites is 4. The van der Waals surface area contributed by atoms with Crippen LogP contribution in [0.25, 0.3) is 88.1 Å². The molecule has 0 bridgehead atoms. The Hall–Kier alpha value is -7.04. The summed E-state index contributed by atoms with van der Waals surface area (Å²) in [5, 5.41) is 6.58. The molecule has 0 radical (unpaired) electrons. The van der Waals surface area contributed by atoms with Gasteiger partial charge in [-0.25, -0.2) is 0 Å². The Balaban J connectivity index is 0.971. The van der Waals surface area contributed by atoms with E-state index < -0.39 is 0 Å². The van der Waals surface area contributed by atoms with Crippen LogP contribution in [0.1, 0.15) is 0 Å². The molecular weight excluding hydrogens is 639 g/mol. The Morgan fingerprint density at radius 2 is 0.827 bits per heavy atom. The maximum Gasteiger partial charge on any atom is 0.143 e. The summed E-state index contributed by atoms with van der Waals surface area (Å²) in [7, 11) is 0.